The third-order valence-electron chi connectivity index (χ3n) is 4.97. The molecule has 0 radical (unpaired) electrons. The van der Waals surface area contributed by atoms with Gasteiger partial charge in [0, 0.05) is 37.8 Å². The van der Waals surface area contributed by atoms with E-state index in [9.17, 15) is 26.7 Å². The molecule has 1 aromatic heterocycles. The van der Waals surface area contributed by atoms with Crippen molar-refractivity contribution in [1.82, 2.24) is 9.88 Å². The zero-order chi connectivity index (χ0) is 23.6. The molecule has 0 aliphatic carbocycles. The number of benzene rings is 2. The fraction of sp³-hybridized carbons (Fsp3) is 0.333. The highest BCUT2D eigenvalue weighted by molar-refractivity contribution is 7.22. The van der Waals surface area contributed by atoms with E-state index < -0.39 is 29.7 Å². The minimum atomic E-state index is -4.84. The van der Waals surface area contributed by atoms with Crippen molar-refractivity contribution in [3.05, 3.63) is 53.6 Å². The van der Waals surface area contributed by atoms with E-state index in [1.807, 2.05) is 0 Å². The smallest absolute Gasteiger partial charge is 0.406 e. The molecule has 6 nitrogen and oxygen atoms in total. The molecule has 33 heavy (non-hydrogen) atoms. The highest BCUT2D eigenvalue weighted by Gasteiger charge is 2.31. The van der Waals surface area contributed by atoms with Crippen LogP contribution in [0.4, 0.5) is 27.1 Å². The molecule has 0 N–H and O–H groups in total. The molecular weight excluding hydrogens is 469 g/mol. The second-order valence-electron chi connectivity index (χ2n) is 7.21. The Morgan fingerprint density at radius 1 is 1.12 bits per heavy atom. The zero-order valence-corrected chi connectivity index (χ0v) is 17.9. The number of hydrogen-bond donors (Lipinski definition) is 0. The van der Waals surface area contributed by atoms with E-state index in [1.165, 1.54) is 23.1 Å². The van der Waals surface area contributed by atoms with Crippen LogP contribution in [-0.4, -0.2) is 61.5 Å². The van der Waals surface area contributed by atoms with Gasteiger partial charge < -0.3 is 9.47 Å². The molecule has 0 unspecified atom stereocenters. The van der Waals surface area contributed by atoms with E-state index >= 15 is 0 Å². The number of anilines is 1. The lowest BCUT2D eigenvalue weighted by molar-refractivity contribution is -0.274. The molecule has 1 saturated heterocycles. The van der Waals surface area contributed by atoms with Crippen LogP contribution >= 0.6 is 11.3 Å². The summed E-state index contributed by atoms with van der Waals surface area (Å²) in [6.07, 6.45) is -4.84. The van der Waals surface area contributed by atoms with Gasteiger partial charge in [-0.3, -0.25) is 14.6 Å². The summed E-state index contributed by atoms with van der Waals surface area (Å²) in [7, 11) is 0. The van der Waals surface area contributed by atoms with Crippen LogP contribution in [0.2, 0.25) is 0 Å². The molecular formula is C21H18F5N3O3S. The van der Waals surface area contributed by atoms with Gasteiger partial charge in [0.05, 0.1) is 23.4 Å². The van der Waals surface area contributed by atoms with E-state index in [0.717, 1.165) is 29.5 Å². The fourth-order valence-electron chi connectivity index (χ4n) is 3.34. The summed E-state index contributed by atoms with van der Waals surface area (Å²) >= 11 is 0.998. The minimum absolute atomic E-state index is 0.0729. The van der Waals surface area contributed by atoms with E-state index in [0.29, 0.717) is 43.1 Å². The number of hydrogen-bond acceptors (Lipinski definition) is 6. The van der Waals surface area contributed by atoms with Gasteiger partial charge in [0.1, 0.15) is 5.75 Å². The molecule has 0 spiro atoms. The lowest BCUT2D eigenvalue weighted by Gasteiger charge is -2.29. The molecule has 2 heterocycles. The van der Waals surface area contributed by atoms with Crippen molar-refractivity contribution in [1.29, 1.82) is 0 Å². The van der Waals surface area contributed by atoms with Crippen LogP contribution in [0.25, 0.3) is 10.2 Å². The summed E-state index contributed by atoms with van der Waals surface area (Å²) in [6.45, 7) is 3.11. The number of nitrogens with zero attached hydrogens (tertiary/aromatic N) is 3. The van der Waals surface area contributed by atoms with Crippen LogP contribution in [-0.2, 0) is 4.74 Å². The standard InChI is InChI=1S/C21H18F5N3O3S/c22-15-3-1-13(11-16(15)23)19(30)29(6-5-28-7-9-31-10-8-28)20-27-17-4-2-14(12-18(17)33-20)32-21(24,25)26/h1-4,11-12H,5-10H2. The third kappa shape index (κ3) is 5.75. The molecule has 4 rings (SSSR count). The minimum Gasteiger partial charge on any atom is -0.406 e. The third-order valence-corrected chi connectivity index (χ3v) is 6.01. The summed E-state index contributed by atoms with van der Waals surface area (Å²) in [6, 6.07) is 6.52. The van der Waals surface area contributed by atoms with Crippen LogP contribution in [0.5, 0.6) is 5.75 Å². The molecule has 1 amide bonds. The average molecular weight is 487 g/mol. The maximum atomic E-state index is 13.7. The molecule has 0 saturated carbocycles. The average Bonchev–Trinajstić information content (AvgIpc) is 3.18. The highest BCUT2D eigenvalue weighted by atomic mass is 32.1. The second kappa shape index (κ2) is 9.57. The number of halogens is 5. The predicted molar refractivity (Wildman–Crippen MR) is 112 cm³/mol. The maximum Gasteiger partial charge on any atom is 0.573 e. The molecule has 0 atom stereocenters. The first-order chi connectivity index (χ1) is 15.7. The Kier molecular flexibility index (Phi) is 6.77. The Morgan fingerprint density at radius 2 is 1.88 bits per heavy atom. The molecule has 2 aromatic carbocycles. The molecule has 176 valence electrons. The van der Waals surface area contributed by atoms with Crippen LogP contribution in [0.3, 0.4) is 0 Å². The van der Waals surface area contributed by atoms with Crippen molar-refractivity contribution in [2.45, 2.75) is 6.36 Å². The van der Waals surface area contributed by atoms with Gasteiger partial charge in [-0.25, -0.2) is 13.8 Å². The first-order valence-corrected chi connectivity index (χ1v) is 10.7. The number of alkyl halides is 3. The number of aromatic nitrogens is 1. The number of amides is 1. The van der Waals surface area contributed by atoms with Crippen LogP contribution in [0, 0.1) is 11.6 Å². The molecule has 3 aromatic rings. The maximum absolute atomic E-state index is 13.7. The van der Waals surface area contributed by atoms with Gasteiger partial charge in [0.15, 0.2) is 16.8 Å². The van der Waals surface area contributed by atoms with Gasteiger partial charge in [-0.05, 0) is 30.3 Å². The van der Waals surface area contributed by atoms with Crippen molar-refractivity contribution in [2.75, 3.05) is 44.3 Å². The number of carbonyl (C=O) groups is 1. The highest BCUT2D eigenvalue weighted by Crippen LogP contribution is 2.34. The van der Waals surface area contributed by atoms with Crippen LogP contribution in [0.1, 0.15) is 10.4 Å². The second-order valence-corrected chi connectivity index (χ2v) is 8.22. The number of morpholine rings is 1. The number of thiazole rings is 1. The monoisotopic (exact) mass is 487 g/mol. The van der Waals surface area contributed by atoms with Gasteiger partial charge in [-0.1, -0.05) is 11.3 Å². The fourth-order valence-corrected chi connectivity index (χ4v) is 4.36. The molecule has 1 fully saturated rings. The van der Waals surface area contributed by atoms with Gasteiger partial charge >= 0.3 is 6.36 Å². The number of rotatable bonds is 6. The Balaban J connectivity index is 1.64. The number of fused-ring (bicyclic) bond motifs is 1. The zero-order valence-electron chi connectivity index (χ0n) is 17.1. The number of ether oxygens (including phenoxy) is 2. The largest absolute Gasteiger partial charge is 0.573 e. The van der Waals surface area contributed by atoms with Crippen molar-refractivity contribution in [2.24, 2.45) is 0 Å². The van der Waals surface area contributed by atoms with Crippen molar-refractivity contribution in [3.8, 4) is 5.75 Å². The predicted octanol–water partition coefficient (Wildman–Crippen LogP) is 4.45. The molecule has 1 aliphatic heterocycles. The Morgan fingerprint density at radius 3 is 2.58 bits per heavy atom. The van der Waals surface area contributed by atoms with Crippen molar-refractivity contribution < 1.29 is 36.2 Å². The number of carbonyl (C=O) groups excluding carboxylic acids is 1. The lowest BCUT2D eigenvalue weighted by Crippen LogP contribution is -2.43. The summed E-state index contributed by atoms with van der Waals surface area (Å²) in [5.74, 6) is -3.25. The van der Waals surface area contributed by atoms with E-state index in [4.69, 9.17) is 4.74 Å². The van der Waals surface area contributed by atoms with Gasteiger partial charge in [-0.15, -0.1) is 13.2 Å². The van der Waals surface area contributed by atoms with Gasteiger partial charge in [0.25, 0.3) is 5.91 Å². The van der Waals surface area contributed by atoms with Crippen molar-refractivity contribution in [3.63, 3.8) is 0 Å². The Labute approximate surface area is 189 Å². The Bertz CT molecular complexity index is 1150. The molecule has 0 bridgehead atoms. The van der Waals surface area contributed by atoms with E-state index in [1.54, 1.807) is 0 Å². The molecule has 12 heteroatoms. The van der Waals surface area contributed by atoms with E-state index in [2.05, 4.69) is 14.6 Å². The summed E-state index contributed by atoms with van der Waals surface area (Å²) in [5.41, 5.74) is 0.301. The quantitative estimate of drug-likeness (QED) is 0.481. The topological polar surface area (TPSA) is 54.9 Å². The van der Waals surface area contributed by atoms with Crippen LogP contribution in [0.15, 0.2) is 36.4 Å². The lowest BCUT2D eigenvalue weighted by atomic mass is 10.2. The first-order valence-electron chi connectivity index (χ1n) is 9.93. The van der Waals surface area contributed by atoms with Crippen molar-refractivity contribution >= 4 is 32.6 Å². The Hall–Kier alpha value is -2.83. The van der Waals surface area contributed by atoms with Crippen LogP contribution < -0.4 is 9.64 Å². The first kappa shape index (κ1) is 23.3. The van der Waals surface area contributed by atoms with Gasteiger partial charge in [-0.2, -0.15) is 0 Å². The SMILES string of the molecule is O=C(c1ccc(F)c(F)c1)N(CCN1CCOCC1)c1nc2ccc(OC(F)(F)F)cc2s1. The summed E-state index contributed by atoms with van der Waals surface area (Å²) < 4.78 is 74.4. The normalized spacial score (nSPS) is 15.1. The van der Waals surface area contributed by atoms with Gasteiger partial charge in [0.2, 0.25) is 0 Å². The van der Waals surface area contributed by atoms with E-state index in [-0.39, 0.29) is 17.2 Å². The summed E-state index contributed by atoms with van der Waals surface area (Å²) in [5, 5.41) is 0.220. The summed E-state index contributed by atoms with van der Waals surface area (Å²) in [4.78, 5) is 21.0. The molecule has 1 aliphatic rings.